The van der Waals surface area contributed by atoms with Crippen LogP contribution < -0.4 is 15.5 Å². The summed E-state index contributed by atoms with van der Waals surface area (Å²) >= 11 is 0. The van der Waals surface area contributed by atoms with Crippen molar-refractivity contribution < 1.29 is 0 Å². The first-order valence-corrected chi connectivity index (χ1v) is 10.9. The zero-order chi connectivity index (χ0) is 20.7. The highest BCUT2D eigenvalue weighted by Crippen LogP contribution is 2.34. The fourth-order valence-corrected chi connectivity index (χ4v) is 4.71. The van der Waals surface area contributed by atoms with E-state index < -0.39 is 0 Å². The van der Waals surface area contributed by atoms with Crippen LogP contribution >= 0.6 is 0 Å². The van der Waals surface area contributed by atoms with E-state index >= 15 is 0 Å². The molecule has 0 saturated carbocycles. The van der Waals surface area contributed by atoms with Crippen LogP contribution in [0.25, 0.3) is 10.8 Å². The van der Waals surface area contributed by atoms with E-state index in [1.165, 1.54) is 27.6 Å². The molecule has 1 atom stereocenters. The van der Waals surface area contributed by atoms with E-state index in [1.54, 1.807) is 0 Å². The van der Waals surface area contributed by atoms with E-state index in [-0.39, 0.29) is 6.04 Å². The first kappa shape index (κ1) is 19.1. The minimum absolute atomic E-state index is 0.0631. The molecule has 5 heteroatoms. The van der Waals surface area contributed by atoms with Gasteiger partial charge in [-0.05, 0) is 30.4 Å². The molecule has 5 rings (SSSR count). The summed E-state index contributed by atoms with van der Waals surface area (Å²) in [5.41, 5.74) is 11.2. The summed E-state index contributed by atoms with van der Waals surface area (Å²) in [6, 6.07) is 13.3. The molecule has 0 saturated heterocycles. The number of anilines is 2. The summed E-state index contributed by atoms with van der Waals surface area (Å²) in [4.78, 5) is 14.7. The van der Waals surface area contributed by atoms with Gasteiger partial charge in [0.1, 0.15) is 11.6 Å². The van der Waals surface area contributed by atoms with Crippen LogP contribution in [0.1, 0.15) is 29.6 Å². The Morgan fingerprint density at radius 2 is 2.00 bits per heavy atom. The number of nitrogens with two attached hydrogens (primary N) is 1. The van der Waals surface area contributed by atoms with Gasteiger partial charge < -0.3 is 15.5 Å². The monoisotopic (exact) mass is 399 g/mol. The second-order valence-electron chi connectivity index (χ2n) is 8.42. The van der Waals surface area contributed by atoms with Crippen molar-refractivity contribution in [1.29, 1.82) is 0 Å². The molecule has 2 aromatic carbocycles. The zero-order valence-corrected chi connectivity index (χ0v) is 17.8. The molecule has 2 aliphatic heterocycles. The normalized spacial score (nSPS) is 18.7. The van der Waals surface area contributed by atoms with E-state index in [1.807, 2.05) is 0 Å². The highest BCUT2D eigenvalue weighted by atomic mass is 15.2. The third-order valence-electron chi connectivity index (χ3n) is 6.17. The van der Waals surface area contributed by atoms with Gasteiger partial charge in [-0.2, -0.15) is 0 Å². The first-order chi connectivity index (χ1) is 14.6. The van der Waals surface area contributed by atoms with Crippen LogP contribution in [0.3, 0.4) is 0 Å². The van der Waals surface area contributed by atoms with E-state index in [9.17, 15) is 0 Å². The van der Waals surface area contributed by atoms with Crippen LogP contribution in [-0.4, -0.2) is 35.6 Å². The molecule has 3 heterocycles. The first-order valence-electron chi connectivity index (χ1n) is 10.9. The number of aryl methyl sites for hydroxylation is 2. The van der Waals surface area contributed by atoms with Crippen molar-refractivity contribution in [2.75, 3.05) is 29.4 Å². The van der Waals surface area contributed by atoms with Gasteiger partial charge in [-0.25, -0.2) is 9.97 Å². The molecule has 154 valence electrons. The second-order valence-corrected chi connectivity index (χ2v) is 8.42. The average Bonchev–Trinajstić information content (AvgIpc) is 2.77. The lowest BCUT2D eigenvalue weighted by molar-refractivity contribution is 0.667. The maximum atomic E-state index is 6.19. The number of fused-ring (bicyclic) bond motifs is 2. The number of rotatable bonds is 3. The smallest absolute Gasteiger partial charge is 0.136 e. The molecule has 0 spiro atoms. The maximum Gasteiger partial charge on any atom is 0.136 e. The fraction of sp³-hybridized carbons (Fsp3) is 0.360. The number of hydrogen-bond acceptors (Lipinski definition) is 5. The Hall–Kier alpha value is -2.92. The Morgan fingerprint density at radius 3 is 2.83 bits per heavy atom. The molecule has 1 unspecified atom stereocenters. The summed E-state index contributed by atoms with van der Waals surface area (Å²) in [7, 11) is 0. The van der Waals surface area contributed by atoms with Gasteiger partial charge in [-0.3, -0.25) is 0 Å². The third kappa shape index (κ3) is 3.43. The quantitative estimate of drug-likeness (QED) is 0.680. The van der Waals surface area contributed by atoms with Gasteiger partial charge in [0.15, 0.2) is 0 Å². The van der Waals surface area contributed by atoms with Crippen LogP contribution in [0, 0.1) is 6.92 Å². The predicted molar refractivity (Wildman–Crippen MR) is 124 cm³/mol. The van der Waals surface area contributed by atoms with Crippen LogP contribution in [0.5, 0.6) is 0 Å². The Morgan fingerprint density at radius 1 is 1.13 bits per heavy atom. The Labute approximate surface area is 178 Å². The SMILES string of the molecule is CCc1nc2c(c(N3CC=CC(N)C3)n1)CCN(c1cc(C)cc3ccccc13)C2. The summed E-state index contributed by atoms with van der Waals surface area (Å²) < 4.78 is 0. The molecular formula is C25H29N5. The Bertz CT molecular complexity index is 1120. The van der Waals surface area contributed by atoms with Gasteiger partial charge in [-0.15, -0.1) is 0 Å². The van der Waals surface area contributed by atoms with Gasteiger partial charge in [0.05, 0.1) is 12.2 Å². The minimum atomic E-state index is 0.0631. The zero-order valence-electron chi connectivity index (χ0n) is 17.8. The Kier molecular flexibility index (Phi) is 4.91. The molecule has 0 amide bonds. The van der Waals surface area contributed by atoms with Crippen molar-refractivity contribution in [3.8, 4) is 0 Å². The maximum absolute atomic E-state index is 6.19. The summed E-state index contributed by atoms with van der Waals surface area (Å²) in [5, 5.41) is 2.61. The van der Waals surface area contributed by atoms with E-state index in [2.05, 4.69) is 72.2 Å². The van der Waals surface area contributed by atoms with Gasteiger partial charge in [0.25, 0.3) is 0 Å². The van der Waals surface area contributed by atoms with Crippen LogP contribution in [-0.2, 0) is 19.4 Å². The largest absolute Gasteiger partial charge is 0.365 e. The molecule has 0 fully saturated rings. The van der Waals surface area contributed by atoms with Crippen molar-refractivity contribution in [2.45, 2.75) is 39.3 Å². The number of hydrogen-bond donors (Lipinski definition) is 1. The average molecular weight is 400 g/mol. The summed E-state index contributed by atoms with van der Waals surface area (Å²) in [6.07, 6.45) is 6.04. The molecule has 0 bridgehead atoms. The van der Waals surface area contributed by atoms with Crippen molar-refractivity contribution in [3.63, 3.8) is 0 Å². The number of benzene rings is 2. The van der Waals surface area contributed by atoms with Crippen LogP contribution in [0.15, 0.2) is 48.6 Å². The number of nitrogens with zero attached hydrogens (tertiary/aromatic N) is 4. The molecule has 5 nitrogen and oxygen atoms in total. The summed E-state index contributed by atoms with van der Waals surface area (Å²) in [5.74, 6) is 2.01. The van der Waals surface area contributed by atoms with Crippen molar-refractivity contribution in [1.82, 2.24) is 9.97 Å². The van der Waals surface area contributed by atoms with Gasteiger partial charge >= 0.3 is 0 Å². The van der Waals surface area contributed by atoms with Gasteiger partial charge in [0.2, 0.25) is 0 Å². The third-order valence-corrected chi connectivity index (χ3v) is 6.17. The van der Waals surface area contributed by atoms with E-state index in [0.717, 1.165) is 56.4 Å². The molecule has 30 heavy (non-hydrogen) atoms. The van der Waals surface area contributed by atoms with Crippen LogP contribution in [0.4, 0.5) is 11.5 Å². The second kappa shape index (κ2) is 7.73. The van der Waals surface area contributed by atoms with Crippen molar-refractivity contribution in [2.24, 2.45) is 5.73 Å². The van der Waals surface area contributed by atoms with E-state index in [4.69, 9.17) is 15.7 Å². The van der Waals surface area contributed by atoms with Gasteiger partial charge in [-0.1, -0.05) is 49.4 Å². The molecule has 1 aromatic heterocycles. The van der Waals surface area contributed by atoms with Crippen molar-refractivity contribution in [3.05, 3.63) is 71.2 Å². The highest BCUT2D eigenvalue weighted by Gasteiger charge is 2.26. The predicted octanol–water partition coefficient (Wildman–Crippen LogP) is 3.77. The molecule has 0 radical (unpaired) electrons. The standard InChI is InChI=1S/C25H29N5/c1-3-24-27-22-16-29(23-14-17(2)13-18-7-4-5-9-20(18)23)12-10-21(22)25(28-24)30-11-6-8-19(26)15-30/h4-9,13-14,19H,3,10-12,15-16,26H2,1-2H3. The lowest BCUT2D eigenvalue weighted by Gasteiger charge is -2.35. The molecule has 0 aliphatic carbocycles. The van der Waals surface area contributed by atoms with E-state index in [0.29, 0.717) is 0 Å². The van der Waals surface area contributed by atoms with Crippen molar-refractivity contribution >= 4 is 22.3 Å². The topological polar surface area (TPSA) is 58.3 Å². The molecular weight excluding hydrogens is 370 g/mol. The molecule has 3 aromatic rings. The number of aromatic nitrogens is 2. The van der Waals surface area contributed by atoms with Gasteiger partial charge in [0, 0.05) is 48.7 Å². The lowest BCUT2D eigenvalue weighted by Crippen LogP contribution is -2.42. The fourth-order valence-electron chi connectivity index (χ4n) is 4.71. The molecule has 2 aliphatic rings. The van der Waals surface area contributed by atoms with Crippen LogP contribution in [0.2, 0.25) is 0 Å². The molecule has 2 N–H and O–H groups in total. The highest BCUT2D eigenvalue weighted by molar-refractivity contribution is 5.95. The Balaban J connectivity index is 1.55. The minimum Gasteiger partial charge on any atom is -0.365 e. The lowest BCUT2D eigenvalue weighted by atomic mass is 10.00. The summed E-state index contributed by atoms with van der Waals surface area (Å²) in [6.45, 7) is 7.78.